The van der Waals surface area contributed by atoms with Gasteiger partial charge in [0.15, 0.2) is 17.3 Å². The number of carbonyl (C=O) groups excluding carboxylic acids is 12. The van der Waals surface area contributed by atoms with E-state index in [1.165, 1.54) is 30.9 Å². The Morgan fingerprint density at radius 2 is 1.40 bits per heavy atom. The normalized spacial score (nSPS) is 18.8. The maximum Gasteiger partial charge on any atom is 0.407 e. The number of ketones is 4. The number of imide groups is 1. The monoisotopic (exact) mass is 1520 g/mol. The van der Waals surface area contributed by atoms with E-state index in [1.807, 2.05) is 105 Å². The molecule has 2 aliphatic heterocycles. The Bertz CT molecular complexity index is 3610. The highest BCUT2D eigenvalue weighted by atomic mass is 32.2. The van der Waals surface area contributed by atoms with Crippen LogP contribution in [0, 0.1) is 46.8 Å². The van der Waals surface area contributed by atoms with Gasteiger partial charge in [-0.1, -0.05) is 142 Å². The topological polar surface area (TPSA) is 345 Å². The Kier molecular flexibility index (Phi) is 34.8. The van der Waals surface area contributed by atoms with Crippen LogP contribution in [0.5, 0.6) is 0 Å². The fourth-order valence-corrected chi connectivity index (χ4v) is 16.8. The molecular formula is C82H120N8O17S. The second kappa shape index (κ2) is 42.3. The van der Waals surface area contributed by atoms with E-state index in [4.69, 9.17) is 19.9 Å². The first-order valence-electron chi connectivity index (χ1n) is 38.6. The number of benzene rings is 3. The lowest BCUT2D eigenvalue weighted by atomic mass is 9.83. The maximum absolute atomic E-state index is 15.2. The lowest BCUT2D eigenvalue weighted by molar-refractivity contribution is -0.149. The van der Waals surface area contributed by atoms with Gasteiger partial charge in [0.2, 0.25) is 41.4 Å². The number of alkyl carbamates (subject to hydrolysis) is 1. The summed E-state index contributed by atoms with van der Waals surface area (Å²) in [6.07, 6.45) is 2.31. The van der Waals surface area contributed by atoms with Gasteiger partial charge in [0, 0.05) is 96.0 Å². The van der Waals surface area contributed by atoms with Crippen LogP contribution in [0.2, 0.25) is 0 Å². The number of Topliss-reactive ketones (excluding diaryl/α,β-unsaturated/α-hetero) is 4. The van der Waals surface area contributed by atoms with E-state index in [0.29, 0.717) is 61.0 Å². The predicted octanol–water partition coefficient (Wildman–Crippen LogP) is 9.33. The molecular weight excluding hydrogens is 1400 g/mol. The number of methoxy groups -OCH3 is 2. The van der Waals surface area contributed by atoms with Crippen LogP contribution < -0.4 is 21.7 Å². The molecule has 108 heavy (non-hydrogen) atoms. The summed E-state index contributed by atoms with van der Waals surface area (Å²) in [6, 6.07) is 16.3. The molecule has 8 amide bonds. The van der Waals surface area contributed by atoms with Gasteiger partial charge in [0.1, 0.15) is 12.4 Å². The summed E-state index contributed by atoms with van der Waals surface area (Å²) in [5.74, 6) is -6.73. The summed E-state index contributed by atoms with van der Waals surface area (Å²) >= 11 is 1.36. The number of unbranched alkanes of at least 4 members (excludes halogenated alkanes) is 3. The zero-order chi connectivity index (χ0) is 79.9. The highest BCUT2D eigenvalue weighted by Crippen LogP contribution is 2.52. The van der Waals surface area contributed by atoms with Crippen molar-refractivity contribution in [2.45, 2.75) is 232 Å². The number of rotatable bonds is 48. The molecule has 3 aromatic carbocycles. The molecule has 0 bridgehead atoms. The fourth-order valence-electron chi connectivity index (χ4n) is 15.3. The average molecular weight is 1520 g/mol. The first-order valence-corrected chi connectivity index (χ1v) is 39.6. The minimum Gasteiger partial charge on any atom is -0.481 e. The molecule has 25 nitrogen and oxygen atoms in total. The van der Waals surface area contributed by atoms with Crippen molar-refractivity contribution in [1.29, 1.82) is 0 Å². The molecule has 0 aromatic heterocycles. The van der Waals surface area contributed by atoms with Crippen LogP contribution in [0.1, 0.15) is 193 Å². The maximum atomic E-state index is 15.2. The molecule has 3 aliphatic rings. The number of fused-ring (bicyclic) bond motifs is 1. The van der Waals surface area contributed by atoms with Crippen LogP contribution in [0.25, 0.3) is 10.8 Å². The fraction of sp³-hybridized carbons (Fsp3) is 0.646. The number of carboxylic acid groups (broad SMARTS) is 1. The molecule has 6 rings (SSSR count). The van der Waals surface area contributed by atoms with Gasteiger partial charge in [-0.2, -0.15) is 0 Å². The number of carboxylic acids is 1. The van der Waals surface area contributed by atoms with Crippen molar-refractivity contribution in [3.05, 3.63) is 83.4 Å². The van der Waals surface area contributed by atoms with E-state index in [2.05, 4.69) is 16.0 Å². The van der Waals surface area contributed by atoms with Crippen molar-refractivity contribution in [1.82, 2.24) is 35.6 Å². The molecule has 596 valence electrons. The van der Waals surface area contributed by atoms with Crippen LogP contribution in [0.15, 0.2) is 66.7 Å². The van der Waals surface area contributed by atoms with Crippen molar-refractivity contribution < 1.29 is 81.6 Å². The Hall–Kier alpha value is -7.94. The number of ether oxygens (including phenoxy) is 3. The molecule has 12 atom stereocenters. The standard InChI is InChI=1S/C82H120N8O17S/c1-15-52(8)75(88(12)79(102)62(50(4)5)41-66(93)74(51(6)7)87(10)11)68(105-13)42-71(96)90-46-59(39-64(90)76(106-14)53(9)77(100)84-45-67(94)58-33-32-56-23-18-19-24-57(56)38-58)85-81(104)107-47-55-30-28-54(29-31-55)37-65(92)63(26-20-21-27-70(83)95)86-78(101)61(49(2)3)40-60(91)25-17-16-22-36-89-72(97)43-69(80(89)103)108-48-82(34-35-82)44-73(98)99/h18-19,23-24,28-33,38,49-53,59,61-64,68-69,74-76H,15-17,20-22,25-27,34-37,39-48H2,1-14H3,(H2,83,95)(H,84,100)(H,85,104)(H,86,101)(H,98,99)/t52-,53+,59-,61-,62-,63-,64-,68+,69?,74-,75-,76+/m0/s1. The van der Waals surface area contributed by atoms with Gasteiger partial charge in [0.25, 0.3) is 0 Å². The summed E-state index contributed by atoms with van der Waals surface area (Å²) in [6.45, 7) is 16.8. The van der Waals surface area contributed by atoms with Crippen LogP contribution in [-0.4, -0.2) is 210 Å². The van der Waals surface area contributed by atoms with Crippen LogP contribution in [0.4, 0.5) is 4.79 Å². The van der Waals surface area contributed by atoms with Gasteiger partial charge >= 0.3 is 12.1 Å². The number of likely N-dealkylation sites (N-methyl/N-ethyl adjacent to an activating group) is 2. The number of nitrogens with one attached hydrogen (secondary N) is 3. The number of aliphatic carboxylic acids is 1. The van der Waals surface area contributed by atoms with Gasteiger partial charge in [-0.3, -0.25) is 67.3 Å². The summed E-state index contributed by atoms with van der Waals surface area (Å²) in [7, 11) is 8.32. The highest BCUT2D eigenvalue weighted by Gasteiger charge is 2.49. The molecule has 1 unspecified atom stereocenters. The van der Waals surface area contributed by atoms with Gasteiger partial charge < -0.3 is 50.8 Å². The highest BCUT2D eigenvalue weighted by molar-refractivity contribution is 8.00. The Balaban J connectivity index is 1.09. The van der Waals surface area contributed by atoms with Crippen LogP contribution >= 0.6 is 11.8 Å². The van der Waals surface area contributed by atoms with Crippen LogP contribution in [0.3, 0.4) is 0 Å². The average Bonchev–Trinajstić information content (AvgIpc) is 1.62. The third-order valence-corrected chi connectivity index (χ3v) is 23.6. The zero-order valence-corrected chi connectivity index (χ0v) is 66.8. The molecule has 3 fully saturated rings. The van der Waals surface area contributed by atoms with E-state index in [9.17, 15) is 62.6 Å². The number of primary amides is 1. The van der Waals surface area contributed by atoms with E-state index < -0.39 is 101 Å². The molecule has 2 saturated heterocycles. The number of hydrogen-bond donors (Lipinski definition) is 5. The third kappa shape index (κ3) is 25.8. The third-order valence-electron chi connectivity index (χ3n) is 22.0. The molecule has 3 aromatic rings. The number of carbonyl (C=O) groups is 13. The summed E-state index contributed by atoms with van der Waals surface area (Å²) < 4.78 is 18.1. The largest absolute Gasteiger partial charge is 0.481 e. The number of nitrogens with two attached hydrogens (primary N) is 1. The number of amides is 8. The number of hydrogen-bond acceptors (Lipinski definition) is 18. The summed E-state index contributed by atoms with van der Waals surface area (Å²) in [4.78, 5) is 182. The molecule has 0 spiro atoms. The summed E-state index contributed by atoms with van der Waals surface area (Å²) in [5, 5.41) is 19.2. The van der Waals surface area contributed by atoms with Gasteiger partial charge in [-0.05, 0) is 116 Å². The smallest absolute Gasteiger partial charge is 0.407 e. The first kappa shape index (κ1) is 89.0. The van der Waals surface area contributed by atoms with Gasteiger partial charge in [0.05, 0.1) is 73.0 Å². The van der Waals surface area contributed by atoms with Gasteiger partial charge in [-0.15, -0.1) is 11.8 Å². The van der Waals surface area contributed by atoms with E-state index in [-0.39, 0.29) is 160 Å². The minimum atomic E-state index is -0.960. The number of nitrogens with zero attached hydrogens (tertiary/aromatic N) is 4. The van der Waals surface area contributed by atoms with Crippen molar-refractivity contribution in [2.24, 2.45) is 52.6 Å². The van der Waals surface area contributed by atoms with E-state index >= 15 is 4.79 Å². The summed E-state index contributed by atoms with van der Waals surface area (Å²) in [5.41, 5.74) is 6.71. The van der Waals surface area contributed by atoms with E-state index in [0.717, 1.165) is 23.6 Å². The van der Waals surface area contributed by atoms with Crippen molar-refractivity contribution in [2.75, 3.05) is 60.7 Å². The molecule has 2 heterocycles. The van der Waals surface area contributed by atoms with Crippen molar-refractivity contribution in [3.63, 3.8) is 0 Å². The Morgan fingerprint density at radius 1 is 0.741 bits per heavy atom. The quantitative estimate of drug-likeness (QED) is 0.0200. The molecule has 6 N–H and O–H groups in total. The minimum absolute atomic E-state index is 0.0118. The SMILES string of the molecule is CC[C@H](C)[C@@H]([C@@H](CC(=O)N1C[C@@H](NC(=O)OCc2ccc(CC(=O)[C@H](CCCCC(N)=O)NC(=O)[C@@H](CC(=O)CCCCCN3C(=O)CC(SCC4(CC(=O)O)CC4)C3=O)C(C)C)cc2)C[C@H]1[C@H](OC)[C@@H](C)C(=O)NCC(=O)c1ccc2ccccc2c1)OC)N(C)C(=O)[C@@H](CC(=O)[C@H](C(C)C)N(C)C)C(C)C. The Labute approximate surface area is 642 Å². The van der Waals surface area contributed by atoms with Crippen molar-refractivity contribution in [3.8, 4) is 0 Å². The second-order valence-corrected chi connectivity index (χ2v) is 32.7. The van der Waals surface area contributed by atoms with Crippen molar-refractivity contribution >= 4 is 99.1 Å². The lowest BCUT2D eigenvalue weighted by Crippen LogP contribution is -2.54. The number of thioether (sulfide) groups is 1. The zero-order valence-electron chi connectivity index (χ0n) is 66.0. The molecule has 1 saturated carbocycles. The molecule has 0 radical (unpaired) electrons. The first-order chi connectivity index (χ1) is 51.1. The predicted molar refractivity (Wildman–Crippen MR) is 413 cm³/mol. The number of likely N-dealkylation sites (tertiary alicyclic amines) is 2. The molecule has 1 aliphatic carbocycles. The van der Waals surface area contributed by atoms with Crippen LogP contribution in [-0.2, 0) is 80.0 Å². The lowest BCUT2D eigenvalue weighted by Gasteiger charge is -2.41. The Morgan fingerprint density at radius 3 is 2.00 bits per heavy atom. The second-order valence-electron chi connectivity index (χ2n) is 31.5. The van der Waals surface area contributed by atoms with Gasteiger partial charge in [-0.25, -0.2) is 4.79 Å². The molecule has 26 heteroatoms. The van der Waals surface area contributed by atoms with E-state index in [1.54, 1.807) is 60.2 Å².